The third-order valence-electron chi connectivity index (χ3n) is 2.47. The lowest BCUT2D eigenvalue weighted by molar-refractivity contribution is 0.320. The van der Waals surface area contributed by atoms with Crippen molar-refractivity contribution in [3.05, 3.63) is 59.9 Å². The summed E-state index contributed by atoms with van der Waals surface area (Å²) < 4.78 is 18.6. The summed E-state index contributed by atoms with van der Waals surface area (Å²) in [6.45, 7) is 0.521. The van der Waals surface area contributed by atoms with Crippen LogP contribution in [0.5, 0.6) is 5.75 Å². The first-order chi connectivity index (χ1) is 8.25. The summed E-state index contributed by atoms with van der Waals surface area (Å²) in [7, 11) is 5.38. The van der Waals surface area contributed by atoms with Crippen molar-refractivity contribution in [2.75, 3.05) is 6.61 Å². The molecule has 1 nitrogen and oxygen atoms in total. The molecule has 0 aliphatic rings. The second-order valence-electron chi connectivity index (χ2n) is 3.77. The van der Waals surface area contributed by atoms with Crippen LogP contribution >= 0.6 is 0 Å². The van der Waals surface area contributed by atoms with Crippen molar-refractivity contribution in [2.24, 2.45) is 0 Å². The number of hydrogen-bond donors (Lipinski definition) is 0. The van der Waals surface area contributed by atoms with Gasteiger partial charge in [0, 0.05) is 12.5 Å². The Labute approximate surface area is 102 Å². The van der Waals surface area contributed by atoms with E-state index in [0.29, 0.717) is 12.4 Å². The molecule has 2 aromatic carbocycles. The second kappa shape index (κ2) is 5.53. The maximum Gasteiger partial charge on any atom is 0.122 e. The maximum atomic E-state index is 13.1. The highest BCUT2D eigenvalue weighted by atomic mass is 19.1. The van der Waals surface area contributed by atoms with E-state index in [2.05, 4.69) is 0 Å². The van der Waals surface area contributed by atoms with Gasteiger partial charge in [0.25, 0.3) is 0 Å². The third-order valence-corrected chi connectivity index (χ3v) is 2.47. The lowest BCUT2D eigenvalue weighted by Gasteiger charge is -2.07. The zero-order valence-corrected chi connectivity index (χ0v) is 9.40. The van der Waals surface area contributed by atoms with Crippen LogP contribution in [0.1, 0.15) is 5.56 Å². The van der Waals surface area contributed by atoms with E-state index >= 15 is 0 Å². The van der Waals surface area contributed by atoms with Crippen molar-refractivity contribution in [1.82, 2.24) is 0 Å². The first-order valence-electron chi connectivity index (χ1n) is 5.47. The number of ether oxygens (including phenoxy) is 1. The molecule has 0 bridgehead atoms. The van der Waals surface area contributed by atoms with Gasteiger partial charge in [0.1, 0.15) is 19.4 Å². The van der Waals surface area contributed by atoms with E-state index in [-0.39, 0.29) is 5.46 Å². The van der Waals surface area contributed by atoms with Crippen molar-refractivity contribution < 1.29 is 9.13 Å². The molecule has 2 radical (unpaired) electrons. The molecular formula is C14H12BFO. The van der Waals surface area contributed by atoms with Crippen LogP contribution in [-0.2, 0) is 6.42 Å². The average molecular weight is 226 g/mol. The predicted molar refractivity (Wildman–Crippen MR) is 67.4 cm³/mol. The molecular weight excluding hydrogens is 214 g/mol. The molecule has 0 saturated carbocycles. The summed E-state index contributed by atoms with van der Waals surface area (Å²) in [5, 5.41) is 0. The molecule has 0 saturated heterocycles. The molecule has 84 valence electrons. The Kier molecular flexibility index (Phi) is 3.81. The van der Waals surface area contributed by atoms with Crippen LogP contribution in [-0.4, -0.2) is 14.5 Å². The molecule has 2 aromatic rings. The lowest BCUT2D eigenvalue weighted by atomic mass is 9.96. The Morgan fingerprint density at radius 3 is 2.53 bits per heavy atom. The molecule has 0 aliphatic heterocycles. The van der Waals surface area contributed by atoms with Gasteiger partial charge in [-0.3, -0.25) is 0 Å². The molecule has 0 fully saturated rings. The molecule has 0 N–H and O–H groups in total. The fourth-order valence-electron chi connectivity index (χ4n) is 1.53. The van der Waals surface area contributed by atoms with Crippen molar-refractivity contribution in [3.63, 3.8) is 0 Å². The van der Waals surface area contributed by atoms with Crippen molar-refractivity contribution in [3.8, 4) is 5.75 Å². The largest absolute Gasteiger partial charge is 0.493 e. The molecule has 0 atom stereocenters. The maximum absolute atomic E-state index is 13.1. The Hall–Kier alpha value is -1.77. The first-order valence-corrected chi connectivity index (χ1v) is 5.47. The van der Waals surface area contributed by atoms with Crippen LogP contribution in [0.2, 0.25) is 0 Å². The Balaban J connectivity index is 1.88. The standard InChI is InChI=1S/C14H12BFO/c15-13-7-6-12(10-14(13)16)17-9-8-11-4-2-1-3-5-11/h1-7,10H,8-9H2. The lowest BCUT2D eigenvalue weighted by Crippen LogP contribution is -2.08. The van der Waals surface area contributed by atoms with Gasteiger partial charge in [0.15, 0.2) is 0 Å². The molecule has 0 amide bonds. The average Bonchev–Trinajstić information content (AvgIpc) is 2.35. The fourth-order valence-corrected chi connectivity index (χ4v) is 1.53. The van der Waals surface area contributed by atoms with Crippen LogP contribution in [0, 0.1) is 5.82 Å². The smallest absolute Gasteiger partial charge is 0.122 e. The van der Waals surface area contributed by atoms with Crippen molar-refractivity contribution in [1.29, 1.82) is 0 Å². The van der Waals surface area contributed by atoms with Gasteiger partial charge in [-0.1, -0.05) is 41.9 Å². The van der Waals surface area contributed by atoms with Gasteiger partial charge in [0.2, 0.25) is 0 Å². The number of hydrogen-bond acceptors (Lipinski definition) is 1. The van der Waals surface area contributed by atoms with Crippen molar-refractivity contribution >= 4 is 13.3 Å². The van der Waals surface area contributed by atoms with Gasteiger partial charge in [-0.05, 0) is 11.6 Å². The van der Waals surface area contributed by atoms with E-state index < -0.39 is 5.82 Å². The molecule has 0 unspecified atom stereocenters. The zero-order valence-electron chi connectivity index (χ0n) is 9.40. The van der Waals surface area contributed by atoms with E-state index in [4.69, 9.17) is 12.6 Å². The van der Waals surface area contributed by atoms with Crippen LogP contribution < -0.4 is 10.2 Å². The minimum Gasteiger partial charge on any atom is -0.493 e. The first kappa shape index (κ1) is 11.7. The Morgan fingerprint density at radius 1 is 1.06 bits per heavy atom. The summed E-state index contributed by atoms with van der Waals surface area (Å²) in [6, 6.07) is 14.5. The van der Waals surface area contributed by atoms with Crippen molar-refractivity contribution in [2.45, 2.75) is 6.42 Å². The monoisotopic (exact) mass is 226 g/mol. The summed E-state index contributed by atoms with van der Waals surface area (Å²) in [4.78, 5) is 0. The van der Waals surface area contributed by atoms with E-state index in [0.717, 1.165) is 6.42 Å². The van der Waals surface area contributed by atoms with E-state index in [1.807, 2.05) is 30.3 Å². The molecule has 0 aliphatic carbocycles. The SMILES string of the molecule is [B]c1ccc(OCCc2ccccc2)cc1F. The quantitative estimate of drug-likeness (QED) is 0.726. The highest BCUT2D eigenvalue weighted by Gasteiger charge is 2.00. The highest BCUT2D eigenvalue weighted by Crippen LogP contribution is 2.11. The Bertz CT molecular complexity index is 485. The van der Waals surface area contributed by atoms with Crippen LogP contribution in [0.15, 0.2) is 48.5 Å². The van der Waals surface area contributed by atoms with E-state index in [1.54, 1.807) is 6.07 Å². The second-order valence-corrected chi connectivity index (χ2v) is 3.77. The minimum absolute atomic E-state index is 0.139. The topological polar surface area (TPSA) is 9.23 Å². The van der Waals surface area contributed by atoms with Crippen LogP contribution in [0.3, 0.4) is 0 Å². The minimum atomic E-state index is -0.442. The number of rotatable bonds is 4. The number of halogens is 1. The fraction of sp³-hybridized carbons (Fsp3) is 0.143. The third kappa shape index (κ3) is 3.35. The summed E-state index contributed by atoms with van der Waals surface area (Å²) in [6.07, 6.45) is 0.798. The van der Waals surface area contributed by atoms with E-state index in [1.165, 1.54) is 17.7 Å². The molecule has 2 rings (SSSR count). The number of benzene rings is 2. The zero-order chi connectivity index (χ0) is 12.1. The normalized spacial score (nSPS) is 10.2. The molecule has 0 aromatic heterocycles. The van der Waals surface area contributed by atoms with Gasteiger partial charge in [-0.25, -0.2) is 4.39 Å². The van der Waals surface area contributed by atoms with Gasteiger partial charge in [0.05, 0.1) is 6.61 Å². The van der Waals surface area contributed by atoms with Crippen LogP contribution in [0.25, 0.3) is 0 Å². The Morgan fingerprint density at radius 2 is 1.82 bits per heavy atom. The van der Waals surface area contributed by atoms with Gasteiger partial charge in [-0.15, -0.1) is 0 Å². The van der Waals surface area contributed by atoms with Gasteiger partial charge >= 0.3 is 0 Å². The summed E-state index contributed by atoms with van der Waals surface area (Å²) in [5.41, 5.74) is 1.34. The predicted octanol–water partition coefficient (Wildman–Crippen LogP) is 2.24. The van der Waals surface area contributed by atoms with Gasteiger partial charge in [-0.2, -0.15) is 0 Å². The van der Waals surface area contributed by atoms with Gasteiger partial charge < -0.3 is 4.74 Å². The highest BCUT2D eigenvalue weighted by molar-refractivity contribution is 6.32. The summed E-state index contributed by atoms with van der Waals surface area (Å²) >= 11 is 0. The molecule has 0 heterocycles. The summed E-state index contributed by atoms with van der Waals surface area (Å²) in [5.74, 6) is 0.0647. The molecule has 0 spiro atoms. The van der Waals surface area contributed by atoms with E-state index in [9.17, 15) is 4.39 Å². The molecule has 3 heteroatoms. The van der Waals surface area contributed by atoms with Crippen LogP contribution in [0.4, 0.5) is 4.39 Å². The molecule has 17 heavy (non-hydrogen) atoms.